The van der Waals surface area contributed by atoms with Gasteiger partial charge in [-0.05, 0) is 12.1 Å². The number of piperazine rings is 1. The predicted molar refractivity (Wildman–Crippen MR) is 68.6 cm³/mol. The standard InChI is InChI=1S/C13H17N3O3/c17-11-15-5-7-16(8-6-15)13(18)3-9-19-12-2-1-4-14-10-12/h1-2,4,10-11H,3,5-9H2. The number of ether oxygens (including phenoxy) is 1. The van der Waals surface area contributed by atoms with Crippen LogP contribution in [0.3, 0.4) is 0 Å². The fraction of sp³-hybridized carbons (Fsp3) is 0.462. The lowest BCUT2D eigenvalue weighted by atomic mass is 10.3. The fourth-order valence-corrected chi connectivity index (χ4v) is 1.92. The molecule has 6 nitrogen and oxygen atoms in total. The number of nitrogens with zero attached hydrogens (tertiary/aromatic N) is 3. The lowest BCUT2D eigenvalue weighted by Crippen LogP contribution is -2.48. The van der Waals surface area contributed by atoms with Gasteiger partial charge in [-0.2, -0.15) is 0 Å². The number of aromatic nitrogens is 1. The number of carbonyl (C=O) groups is 2. The van der Waals surface area contributed by atoms with Crippen molar-refractivity contribution in [3.63, 3.8) is 0 Å². The smallest absolute Gasteiger partial charge is 0.226 e. The summed E-state index contributed by atoms with van der Waals surface area (Å²) < 4.78 is 5.43. The second-order valence-electron chi connectivity index (χ2n) is 4.31. The Morgan fingerprint density at radius 3 is 2.79 bits per heavy atom. The molecule has 1 aromatic rings. The van der Waals surface area contributed by atoms with Gasteiger partial charge in [0.1, 0.15) is 5.75 Å². The van der Waals surface area contributed by atoms with Crippen LogP contribution in [-0.2, 0) is 9.59 Å². The minimum absolute atomic E-state index is 0.0643. The van der Waals surface area contributed by atoms with Crippen molar-refractivity contribution in [1.82, 2.24) is 14.8 Å². The Morgan fingerprint density at radius 2 is 2.16 bits per heavy atom. The first-order chi connectivity index (χ1) is 9.29. The van der Waals surface area contributed by atoms with Crippen molar-refractivity contribution < 1.29 is 14.3 Å². The summed E-state index contributed by atoms with van der Waals surface area (Å²) >= 11 is 0. The zero-order chi connectivity index (χ0) is 13.5. The second-order valence-corrected chi connectivity index (χ2v) is 4.31. The molecule has 0 radical (unpaired) electrons. The van der Waals surface area contributed by atoms with Crippen LogP contribution in [0.2, 0.25) is 0 Å². The number of rotatable bonds is 5. The predicted octanol–water partition coefficient (Wildman–Crippen LogP) is 0.151. The van der Waals surface area contributed by atoms with Crippen LogP contribution >= 0.6 is 0 Å². The maximum absolute atomic E-state index is 11.9. The van der Waals surface area contributed by atoms with Crippen molar-refractivity contribution in [2.75, 3.05) is 32.8 Å². The van der Waals surface area contributed by atoms with Gasteiger partial charge in [-0.25, -0.2) is 0 Å². The number of pyridine rings is 1. The summed E-state index contributed by atoms with van der Waals surface area (Å²) in [7, 11) is 0. The first-order valence-corrected chi connectivity index (χ1v) is 6.29. The molecule has 2 rings (SSSR count). The molecule has 2 amide bonds. The molecule has 0 saturated carbocycles. The third-order valence-corrected chi connectivity index (χ3v) is 3.04. The summed E-state index contributed by atoms with van der Waals surface area (Å²) in [4.78, 5) is 29.8. The van der Waals surface area contributed by atoms with Gasteiger partial charge in [-0.1, -0.05) is 0 Å². The molecule has 1 aliphatic rings. The Kier molecular flexibility index (Phi) is 4.72. The average Bonchev–Trinajstić information content (AvgIpc) is 2.48. The molecule has 0 bridgehead atoms. The van der Waals surface area contributed by atoms with Crippen molar-refractivity contribution >= 4 is 12.3 Å². The summed E-state index contributed by atoms with van der Waals surface area (Å²) in [5.41, 5.74) is 0. The van der Waals surface area contributed by atoms with Crippen LogP contribution in [0.25, 0.3) is 0 Å². The van der Waals surface area contributed by atoms with Gasteiger partial charge in [-0.15, -0.1) is 0 Å². The van der Waals surface area contributed by atoms with E-state index in [-0.39, 0.29) is 5.91 Å². The maximum Gasteiger partial charge on any atom is 0.226 e. The van der Waals surface area contributed by atoms with Gasteiger partial charge >= 0.3 is 0 Å². The maximum atomic E-state index is 11.9. The molecule has 0 aromatic carbocycles. The van der Waals surface area contributed by atoms with Crippen molar-refractivity contribution in [3.05, 3.63) is 24.5 Å². The summed E-state index contributed by atoms with van der Waals surface area (Å²) in [6.07, 6.45) is 4.46. The molecule has 1 aromatic heterocycles. The van der Waals surface area contributed by atoms with E-state index < -0.39 is 0 Å². The zero-order valence-electron chi connectivity index (χ0n) is 10.7. The van der Waals surface area contributed by atoms with E-state index in [1.54, 1.807) is 34.3 Å². The number of hydrogen-bond acceptors (Lipinski definition) is 4. The SMILES string of the molecule is O=CN1CCN(C(=O)CCOc2cccnc2)CC1. The number of amides is 2. The van der Waals surface area contributed by atoms with E-state index in [1.807, 2.05) is 0 Å². The minimum atomic E-state index is 0.0643. The molecule has 1 fully saturated rings. The van der Waals surface area contributed by atoms with Gasteiger partial charge in [0.05, 0.1) is 19.2 Å². The van der Waals surface area contributed by atoms with Crippen molar-refractivity contribution in [2.45, 2.75) is 6.42 Å². The van der Waals surface area contributed by atoms with E-state index in [9.17, 15) is 9.59 Å². The van der Waals surface area contributed by atoms with E-state index >= 15 is 0 Å². The van der Waals surface area contributed by atoms with Crippen LogP contribution < -0.4 is 4.74 Å². The third-order valence-electron chi connectivity index (χ3n) is 3.04. The Labute approximate surface area is 112 Å². The van der Waals surface area contributed by atoms with E-state index in [2.05, 4.69) is 4.98 Å². The quantitative estimate of drug-likeness (QED) is 0.709. The molecule has 0 atom stereocenters. The molecular formula is C13H17N3O3. The second kappa shape index (κ2) is 6.72. The van der Waals surface area contributed by atoms with Gasteiger partial charge < -0.3 is 14.5 Å². The molecule has 0 aliphatic carbocycles. The molecule has 0 N–H and O–H groups in total. The Bertz CT molecular complexity index is 416. The molecule has 6 heteroatoms. The molecule has 102 valence electrons. The number of carbonyl (C=O) groups excluding carboxylic acids is 2. The van der Waals surface area contributed by atoms with E-state index in [0.717, 1.165) is 6.41 Å². The number of hydrogen-bond donors (Lipinski definition) is 0. The fourth-order valence-electron chi connectivity index (χ4n) is 1.92. The van der Waals surface area contributed by atoms with Crippen molar-refractivity contribution in [3.8, 4) is 5.75 Å². The zero-order valence-corrected chi connectivity index (χ0v) is 10.7. The van der Waals surface area contributed by atoms with Gasteiger partial charge in [0, 0.05) is 32.4 Å². The van der Waals surface area contributed by atoms with Crippen LogP contribution in [-0.4, -0.2) is 59.9 Å². The molecule has 1 saturated heterocycles. The van der Waals surface area contributed by atoms with E-state index in [1.165, 1.54) is 0 Å². The van der Waals surface area contributed by atoms with Crippen LogP contribution in [0.1, 0.15) is 6.42 Å². The first kappa shape index (κ1) is 13.3. The molecule has 0 spiro atoms. The van der Waals surface area contributed by atoms with E-state index in [4.69, 9.17) is 4.74 Å². The van der Waals surface area contributed by atoms with Gasteiger partial charge in [-0.3, -0.25) is 14.6 Å². The van der Waals surface area contributed by atoms with Gasteiger partial charge in [0.25, 0.3) is 0 Å². The summed E-state index contributed by atoms with van der Waals surface area (Å²) in [6, 6.07) is 3.59. The van der Waals surface area contributed by atoms with Crippen molar-refractivity contribution in [1.29, 1.82) is 0 Å². The lowest BCUT2D eigenvalue weighted by Gasteiger charge is -2.32. The van der Waals surface area contributed by atoms with Crippen LogP contribution in [0, 0.1) is 0 Å². The van der Waals surface area contributed by atoms with Gasteiger partial charge in [0.15, 0.2) is 0 Å². The Morgan fingerprint density at radius 1 is 1.37 bits per heavy atom. The topological polar surface area (TPSA) is 62.7 Å². The molecule has 0 unspecified atom stereocenters. The van der Waals surface area contributed by atoms with Gasteiger partial charge in [0.2, 0.25) is 12.3 Å². The molecule has 1 aliphatic heterocycles. The molecule has 19 heavy (non-hydrogen) atoms. The Balaban J connectivity index is 1.69. The summed E-state index contributed by atoms with van der Waals surface area (Å²) in [5, 5.41) is 0. The largest absolute Gasteiger partial charge is 0.491 e. The summed E-state index contributed by atoms with van der Waals surface area (Å²) in [5.74, 6) is 0.732. The highest BCUT2D eigenvalue weighted by atomic mass is 16.5. The third kappa shape index (κ3) is 3.94. The first-order valence-electron chi connectivity index (χ1n) is 6.29. The van der Waals surface area contributed by atoms with Crippen LogP contribution in [0.4, 0.5) is 0 Å². The minimum Gasteiger partial charge on any atom is -0.491 e. The normalized spacial score (nSPS) is 15.2. The van der Waals surface area contributed by atoms with Crippen molar-refractivity contribution in [2.24, 2.45) is 0 Å². The van der Waals surface area contributed by atoms with E-state index in [0.29, 0.717) is 45.0 Å². The lowest BCUT2D eigenvalue weighted by molar-refractivity contribution is -0.135. The molecule has 2 heterocycles. The highest BCUT2D eigenvalue weighted by molar-refractivity contribution is 5.76. The highest BCUT2D eigenvalue weighted by Gasteiger charge is 2.19. The summed E-state index contributed by atoms with van der Waals surface area (Å²) in [6.45, 7) is 2.77. The van der Waals surface area contributed by atoms with Crippen LogP contribution in [0.15, 0.2) is 24.5 Å². The average molecular weight is 263 g/mol. The Hall–Kier alpha value is -2.11. The van der Waals surface area contributed by atoms with Crippen LogP contribution in [0.5, 0.6) is 5.75 Å². The monoisotopic (exact) mass is 263 g/mol. The molecular weight excluding hydrogens is 246 g/mol. The highest BCUT2D eigenvalue weighted by Crippen LogP contribution is 2.07.